The number of rotatable bonds is 6. The Hall–Kier alpha value is -0.760. The number of ether oxygens (including phenoxy) is 1. The highest BCUT2D eigenvalue weighted by Gasteiger charge is 2.33. The second-order valence-electron chi connectivity index (χ2n) is 6.96. The smallest absolute Gasteiger partial charge is 0.243 e. The average Bonchev–Trinajstić information content (AvgIpc) is 2.89. The lowest BCUT2D eigenvalue weighted by molar-refractivity contribution is 0.183. The maximum Gasteiger partial charge on any atom is 0.243 e. The van der Waals surface area contributed by atoms with Crippen molar-refractivity contribution in [2.24, 2.45) is 0 Å². The first-order valence-electron chi connectivity index (χ1n) is 9.66. The molecule has 0 spiro atoms. The molecule has 1 aromatic rings. The first-order chi connectivity index (χ1) is 12.6. The molecule has 2 aliphatic heterocycles. The Kier molecular flexibility index (Phi) is 7.26. The summed E-state index contributed by atoms with van der Waals surface area (Å²) in [5.74, 6) is 2.63. The molecule has 1 atom stereocenters. The summed E-state index contributed by atoms with van der Waals surface area (Å²) >= 11 is 1.88. The van der Waals surface area contributed by atoms with E-state index in [-0.39, 0.29) is 6.04 Å². The van der Waals surface area contributed by atoms with E-state index in [2.05, 4.69) is 4.90 Å². The molecule has 146 valence electrons. The van der Waals surface area contributed by atoms with Crippen LogP contribution in [0.1, 0.15) is 32.6 Å². The third-order valence-electron chi connectivity index (χ3n) is 5.04. The molecule has 0 saturated carbocycles. The molecule has 26 heavy (non-hydrogen) atoms. The first kappa shape index (κ1) is 20.0. The Morgan fingerprint density at radius 2 is 1.81 bits per heavy atom. The van der Waals surface area contributed by atoms with Gasteiger partial charge in [-0.15, -0.1) is 0 Å². The second-order valence-corrected chi connectivity index (χ2v) is 10.0. The molecule has 5 nitrogen and oxygen atoms in total. The fourth-order valence-corrected chi connectivity index (χ4v) is 6.52. The molecule has 0 aromatic heterocycles. The molecule has 2 heterocycles. The number of nitrogens with zero attached hydrogens (tertiary/aromatic N) is 2. The predicted molar refractivity (Wildman–Crippen MR) is 108 cm³/mol. The number of piperidine rings is 1. The average molecular weight is 399 g/mol. The van der Waals surface area contributed by atoms with Crippen LogP contribution in [0, 0.1) is 0 Å². The molecule has 7 heteroatoms. The van der Waals surface area contributed by atoms with E-state index in [0.717, 1.165) is 37.6 Å². The van der Waals surface area contributed by atoms with Crippen molar-refractivity contribution in [3.63, 3.8) is 0 Å². The van der Waals surface area contributed by atoms with Gasteiger partial charge in [0.25, 0.3) is 0 Å². The first-order valence-corrected chi connectivity index (χ1v) is 12.3. The number of benzene rings is 1. The lowest BCUT2D eigenvalue weighted by atomic mass is 10.1. The van der Waals surface area contributed by atoms with Gasteiger partial charge in [-0.25, -0.2) is 8.42 Å². The molecule has 2 fully saturated rings. The number of sulfonamides is 1. The van der Waals surface area contributed by atoms with Crippen LogP contribution in [0.3, 0.4) is 0 Å². The van der Waals surface area contributed by atoms with Gasteiger partial charge in [0.1, 0.15) is 5.75 Å². The number of hydrogen-bond acceptors (Lipinski definition) is 5. The van der Waals surface area contributed by atoms with E-state index < -0.39 is 10.0 Å². The topological polar surface area (TPSA) is 49.9 Å². The fraction of sp³-hybridized carbons (Fsp3) is 0.684. The molecule has 1 unspecified atom stereocenters. The van der Waals surface area contributed by atoms with Crippen LogP contribution >= 0.6 is 11.8 Å². The van der Waals surface area contributed by atoms with Crippen molar-refractivity contribution in [1.29, 1.82) is 0 Å². The van der Waals surface area contributed by atoms with Crippen LogP contribution in [0.4, 0.5) is 0 Å². The van der Waals surface area contributed by atoms with Crippen LogP contribution in [0.25, 0.3) is 0 Å². The summed E-state index contributed by atoms with van der Waals surface area (Å²) in [5.41, 5.74) is 0. The van der Waals surface area contributed by atoms with Gasteiger partial charge in [0.05, 0.1) is 11.5 Å². The summed E-state index contributed by atoms with van der Waals surface area (Å²) in [6, 6.07) is 6.91. The molecule has 0 aliphatic carbocycles. The van der Waals surface area contributed by atoms with Crippen LogP contribution in [-0.4, -0.2) is 68.0 Å². The Morgan fingerprint density at radius 1 is 1.08 bits per heavy atom. The van der Waals surface area contributed by atoms with E-state index in [0.29, 0.717) is 23.8 Å². The summed E-state index contributed by atoms with van der Waals surface area (Å²) in [5, 5.41) is 0. The third-order valence-corrected chi connectivity index (χ3v) is 8.21. The number of hydrogen-bond donors (Lipinski definition) is 0. The van der Waals surface area contributed by atoms with Crippen molar-refractivity contribution in [2.75, 3.05) is 44.3 Å². The van der Waals surface area contributed by atoms with Crippen molar-refractivity contribution in [2.45, 2.75) is 43.5 Å². The van der Waals surface area contributed by atoms with Gasteiger partial charge in [-0.05, 0) is 69.3 Å². The largest absolute Gasteiger partial charge is 0.494 e. The maximum atomic E-state index is 13.3. The van der Waals surface area contributed by atoms with Gasteiger partial charge >= 0.3 is 0 Å². The molecule has 0 amide bonds. The van der Waals surface area contributed by atoms with Crippen molar-refractivity contribution in [3.05, 3.63) is 24.3 Å². The van der Waals surface area contributed by atoms with Crippen LogP contribution in [0.15, 0.2) is 29.2 Å². The standard InChI is InChI=1S/C19H30N2O3S2/c1-2-24-18-7-9-19(10-8-18)26(22,23)21-13-6-14-25-16-17(21)15-20-11-4-3-5-12-20/h7-10,17H,2-6,11-16H2,1H3. The lowest BCUT2D eigenvalue weighted by Crippen LogP contribution is -2.49. The van der Waals surface area contributed by atoms with Gasteiger partial charge in [0, 0.05) is 24.9 Å². The van der Waals surface area contributed by atoms with Crippen LogP contribution < -0.4 is 4.74 Å². The molecule has 2 aliphatic rings. The van der Waals surface area contributed by atoms with Gasteiger partial charge in [-0.3, -0.25) is 0 Å². The van der Waals surface area contributed by atoms with Gasteiger partial charge in [0.15, 0.2) is 0 Å². The molecule has 2 saturated heterocycles. The van der Waals surface area contributed by atoms with E-state index >= 15 is 0 Å². The van der Waals surface area contributed by atoms with Gasteiger partial charge in [-0.2, -0.15) is 16.1 Å². The van der Waals surface area contributed by atoms with E-state index in [1.165, 1.54) is 19.3 Å². The minimum absolute atomic E-state index is 0.0529. The number of likely N-dealkylation sites (tertiary alicyclic amines) is 1. The van der Waals surface area contributed by atoms with E-state index in [4.69, 9.17) is 4.74 Å². The van der Waals surface area contributed by atoms with E-state index in [1.54, 1.807) is 28.6 Å². The Labute approximate surface area is 162 Å². The highest BCUT2D eigenvalue weighted by molar-refractivity contribution is 7.99. The third kappa shape index (κ3) is 4.94. The Balaban J connectivity index is 1.78. The molecule has 3 rings (SSSR count). The molecule has 1 aromatic carbocycles. The lowest BCUT2D eigenvalue weighted by Gasteiger charge is -2.35. The van der Waals surface area contributed by atoms with Crippen molar-refractivity contribution in [1.82, 2.24) is 9.21 Å². The molecule has 0 N–H and O–H groups in total. The summed E-state index contributed by atoms with van der Waals surface area (Å²) in [6.45, 7) is 6.15. The summed E-state index contributed by atoms with van der Waals surface area (Å²) in [6.07, 6.45) is 4.67. The molecular formula is C19H30N2O3S2. The van der Waals surface area contributed by atoms with Gasteiger partial charge < -0.3 is 9.64 Å². The van der Waals surface area contributed by atoms with Crippen LogP contribution in [-0.2, 0) is 10.0 Å². The Bertz CT molecular complexity index is 658. The summed E-state index contributed by atoms with van der Waals surface area (Å²) in [4.78, 5) is 2.82. The Morgan fingerprint density at radius 3 is 2.50 bits per heavy atom. The van der Waals surface area contributed by atoms with Crippen molar-refractivity contribution < 1.29 is 13.2 Å². The van der Waals surface area contributed by atoms with Crippen LogP contribution in [0.2, 0.25) is 0 Å². The maximum absolute atomic E-state index is 13.3. The summed E-state index contributed by atoms with van der Waals surface area (Å²) in [7, 11) is -3.48. The minimum Gasteiger partial charge on any atom is -0.494 e. The summed E-state index contributed by atoms with van der Waals surface area (Å²) < 4.78 is 33.8. The zero-order valence-corrected chi connectivity index (χ0v) is 17.2. The predicted octanol–water partition coefficient (Wildman–Crippen LogP) is 3.07. The quantitative estimate of drug-likeness (QED) is 0.737. The van der Waals surface area contributed by atoms with Gasteiger partial charge in [0.2, 0.25) is 10.0 Å². The minimum atomic E-state index is -3.48. The van der Waals surface area contributed by atoms with Crippen molar-refractivity contribution >= 4 is 21.8 Å². The molecular weight excluding hydrogens is 368 g/mol. The van der Waals surface area contributed by atoms with Crippen molar-refractivity contribution in [3.8, 4) is 5.75 Å². The van der Waals surface area contributed by atoms with E-state index in [9.17, 15) is 8.42 Å². The van der Waals surface area contributed by atoms with Crippen LogP contribution in [0.5, 0.6) is 5.75 Å². The highest BCUT2D eigenvalue weighted by Crippen LogP contribution is 2.26. The fourth-order valence-electron chi connectivity index (χ4n) is 3.72. The van der Waals surface area contributed by atoms with E-state index in [1.807, 2.05) is 18.7 Å². The zero-order valence-electron chi connectivity index (χ0n) is 15.6. The zero-order chi connectivity index (χ0) is 18.4. The highest BCUT2D eigenvalue weighted by atomic mass is 32.2. The second kappa shape index (κ2) is 9.44. The number of thioether (sulfide) groups is 1. The molecule has 0 radical (unpaired) electrons. The monoisotopic (exact) mass is 398 g/mol. The SMILES string of the molecule is CCOc1ccc(S(=O)(=O)N2CCCSCC2CN2CCCCC2)cc1. The normalized spacial score (nSPS) is 23.5. The van der Waals surface area contributed by atoms with Gasteiger partial charge in [-0.1, -0.05) is 6.42 Å². The molecule has 0 bridgehead atoms.